The second-order valence-corrected chi connectivity index (χ2v) is 5.97. The van der Waals surface area contributed by atoms with Gasteiger partial charge in [-0.05, 0) is 59.2 Å². The summed E-state index contributed by atoms with van der Waals surface area (Å²) in [6, 6.07) is 2.33. The SMILES string of the molecule is CC(C)(C#N)CCCCN1CCC(C(N)=O)CC1. The number of rotatable bonds is 6. The van der Waals surface area contributed by atoms with Gasteiger partial charge in [-0.15, -0.1) is 0 Å². The molecule has 102 valence electrons. The lowest BCUT2D eigenvalue weighted by molar-refractivity contribution is -0.123. The third kappa shape index (κ3) is 5.05. The molecule has 1 saturated heterocycles. The second kappa shape index (κ2) is 6.75. The highest BCUT2D eigenvalue weighted by Crippen LogP contribution is 2.22. The van der Waals surface area contributed by atoms with E-state index in [0.717, 1.165) is 51.7 Å². The molecule has 0 unspecified atom stereocenters. The van der Waals surface area contributed by atoms with Crippen LogP contribution in [0.1, 0.15) is 46.0 Å². The van der Waals surface area contributed by atoms with E-state index in [0.29, 0.717) is 0 Å². The molecule has 0 aromatic heterocycles. The van der Waals surface area contributed by atoms with Gasteiger partial charge in [0.05, 0.1) is 11.5 Å². The summed E-state index contributed by atoms with van der Waals surface area (Å²) in [5, 5.41) is 8.92. The van der Waals surface area contributed by atoms with Gasteiger partial charge in [-0.1, -0.05) is 6.42 Å². The summed E-state index contributed by atoms with van der Waals surface area (Å²) in [4.78, 5) is 13.4. The minimum Gasteiger partial charge on any atom is -0.369 e. The number of unbranched alkanes of at least 4 members (excludes halogenated alkanes) is 1. The molecule has 1 fully saturated rings. The van der Waals surface area contributed by atoms with Crippen LogP contribution in [0.3, 0.4) is 0 Å². The Bertz CT molecular complexity index is 311. The molecule has 1 aliphatic rings. The number of nitrogens with two attached hydrogens (primary N) is 1. The van der Waals surface area contributed by atoms with Gasteiger partial charge in [0, 0.05) is 5.92 Å². The van der Waals surface area contributed by atoms with Crippen molar-refractivity contribution in [2.45, 2.75) is 46.0 Å². The van der Waals surface area contributed by atoms with E-state index in [2.05, 4.69) is 11.0 Å². The van der Waals surface area contributed by atoms with E-state index >= 15 is 0 Å². The summed E-state index contributed by atoms with van der Waals surface area (Å²) in [6.45, 7) is 7.02. The summed E-state index contributed by atoms with van der Waals surface area (Å²) >= 11 is 0. The average molecular weight is 251 g/mol. The zero-order valence-corrected chi connectivity index (χ0v) is 11.6. The maximum Gasteiger partial charge on any atom is 0.220 e. The number of likely N-dealkylation sites (tertiary alicyclic amines) is 1. The van der Waals surface area contributed by atoms with Gasteiger partial charge < -0.3 is 10.6 Å². The van der Waals surface area contributed by atoms with Crippen LogP contribution in [0.25, 0.3) is 0 Å². The van der Waals surface area contributed by atoms with Gasteiger partial charge in [-0.25, -0.2) is 0 Å². The van der Waals surface area contributed by atoms with Crippen LogP contribution in [0.4, 0.5) is 0 Å². The fraction of sp³-hybridized carbons (Fsp3) is 0.857. The Morgan fingerprint density at radius 1 is 1.39 bits per heavy atom. The van der Waals surface area contributed by atoms with Crippen molar-refractivity contribution in [2.24, 2.45) is 17.1 Å². The van der Waals surface area contributed by atoms with Crippen LogP contribution in [0.2, 0.25) is 0 Å². The van der Waals surface area contributed by atoms with Gasteiger partial charge in [0.1, 0.15) is 0 Å². The minimum atomic E-state index is -0.195. The predicted octanol–water partition coefficient (Wildman–Crippen LogP) is 1.90. The predicted molar refractivity (Wildman–Crippen MR) is 71.6 cm³/mol. The van der Waals surface area contributed by atoms with Gasteiger partial charge in [-0.3, -0.25) is 4.79 Å². The van der Waals surface area contributed by atoms with Gasteiger partial charge in [0.2, 0.25) is 5.91 Å². The number of nitrogens with zero attached hydrogens (tertiary/aromatic N) is 2. The molecule has 0 atom stereocenters. The van der Waals surface area contributed by atoms with Crippen LogP contribution < -0.4 is 5.73 Å². The maximum atomic E-state index is 11.0. The molecule has 4 nitrogen and oxygen atoms in total. The average Bonchev–Trinajstić information content (AvgIpc) is 2.35. The topological polar surface area (TPSA) is 70.1 Å². The lowest BCUT2D eigenvalue weighted by atomic mass is 9.89. The van der Waals surface area contributed by atoms with Crippen LogP contribution in [0.15, 0.2) is 0 Å². The van der Waals surface area contributed by atoms with Crippen LogP contribution in [0, 0.1) is 22.7 Å². The Morgan fingerprint density at radius 2 is 2.00 bits per heavy atom. The first-order chi connectivity index (χ1) is 8.44. The van der Waals surface area contributed by atoms with E-state index in [4.69, 9.17) is 11.0 Å². The minimum absolute atomic E-state index is 0.0822. The first-order valence-electron chi connectivity index (χ1n) is 6.87. The molecule has 1 amide bonds. The Balaban J connectivity index is 2.12. The molecule has 4 heteroatoms. The smallest absolute Gasteiger partial charge is 0.220 e. The molecule has 0 aromatic carbocycles. The molecule has 0 saturated carbocycles. The Hall–Kier alpha value is -1.08. The molecule has 0 bridgehead atoms. The van der Waals surface area contributed by atoms with Crippen molar-refractivity contribution in [3.63, 3.8) is 0 Å². The van der Waals surface area contributed by atoms with Gasteiger partial charge in [0.25, 0.3) is 0 Å². The molecular formula is C14H25N3O. The highest BCUT2D eigenvalue weighted by molar-refractivity contribution is 5.76. The van der Waals surface area contributed by atoms with Crippen molar-refractivity contribution in [3.8, 4) is 6.07 Å². The van der Waals surface area contributed by atoms with Crippen molar-refractivity contribution in [2.75, 3.05) is 19.6 Å². The fourth-order valence-electron chi connectivity index (χ4n) is 2.40. The molecule has 1 rings (SSSR count). The van der Waals surface area contributed by atoms with Gasteiger partial charge in [-0.2, -0.15) is 5.26 Å². The summed E-state index contributed by atoms with van der Waals surface area (Å²) in [7, 11) is 0. The maximum absolute atomic E-state index is 11.0. The van der Waals surface area contributed by atoms with Crippen LogP contribution >= 0.6 is 0 Å². The lowest BCUT2D eigenvalue weighted by Gasteiger charge is -2.30. The number of carbonyl (C=O) groups is 1. The third-order valence-electron chi connectivity index (χ3n) is 3.82. The second-order valence-electron chi connectivity index (χ2n) is 5.97. The van der Waals surface area contributed by atoms with Gasteiger partial charge in [0.15, 0.2) is 0 Å². The van der Waals surface area contributed by atoms with Crippen LogP contribution in [-0.4, -0.2) is 30.4 Å². The Labute approximate surface area is 110 Å². The molecule has 0 aliphatic carbocycles. The molecular weight excluding hydrogens is 226 g/mol. The van der Waals surface area contributed by atoms with Crippen molar-refractivity contribution >= 4 is 5.91 Å². The number of piperidine rings is 1. The van der Waals surface area contributed by atoms with E-state index in [9.17, 15) is 4.79 Å². The van der Waals surface area contributed by atoms with Crippen LogP contribution in [-0.2, 0) is 4.79 Å². The third-order valence-corrected chi connectivity index (χ3v) is 3.82. The van der Waals surface area contributed by atoms with Crippen LogP contribution in [0.5, 0.6) is 0 Å². The molecule has 1 aliphatic heterocycles. The first-order valence-corrected chi connectivity index (χ1v) is 6.87. The summed E-state index contributed by atoms with van der Waals surface area (Å²) < 4.78 is 0. The first kappa shape index (κ1) is 15.0. The van der Waals surface area contributed by atoms with E-state index in [1.165, 1.54) is 0 Å². The quantitative estimate of drug-likeness (QED) is 0.733. The van der Waals surface area contributed by atoms with E-state index in [-0.39, 0.29) is 17.2 Å². The Morgan fingerprint density at radius 3 is 2.50 bits per heavy atom. The number of carbonyl (C=O) groups excluding carboxylic acids is 1. The van der Waals surface area contributed by atoms with E-state index < -0.39 is 0 Å². The molecule has 0 radical (unpaired) electrons. The standard InChI is InChI=1S/C14H25N3O/c1-14(2,11-15)7-3-4-8-17-9-5-12(6-10-17)13(16)18/h12H,3-10H2,1-2H3,(H2,16,18). The Kier molecular flexibility index (Phi) is 5.61. The number of primary amides is 1. The molecule has 0 aromatic rings. The summed E-state index contributed by atoms with van der Waals surface area (Å²) in [5.41, 5.74) is 5.11. The zero-order chi connectivity index (χ0) is 13.6. The highest BCUT2D eigenvalue weighted by Gasteiger charge is 2.22. The zero-order valence-electron chi connectivity index (χ0n) is 11.6. The highest BCUT2D eigenvalue weighted by atomic mass is 16.1. The summed E-state index contributed by atoms with van der Waals surface area (Å²) in [5.74, 6) is -0.0656. The van der Waals surface area contributed by atoms with Crippen molar-refractivity contribution < 1.29 is 4.79 Å². The number of hydrogen-bond acceptors (Lipinski definition) is 3. The number of amides is 1. The molecule has 1 heterocycles. The number of hydrogen-bond donors (Lipinski definition) is 1. The van der Waals surface area contributed by atoms with Crippen molar-refractivity contribution in [1.29, 1.82) is 5.26 Å². The van der Waals surface area contributed by atoms with E-state index in [1.54, 1.807) is 0 Å². The molecule has 0 spiro atoms. The molecule has 18 heavy (non-hydrogen) atoms. The fourth-order valence-corrected chi connectivity index (χ4v) is 2.40. The monoisotopic (exact) mass is 251 g/mol. The summed E-state index contributed by atoms with van der Waals surface area (Å²) in [6.07, 6.45) is 4.99. The van der Waals surface area contributed by atoms with Crippen molar-refractivity contribution in [1.82, 2.24) is 4.90 Å². The van der Waals surface area contributed by atoms with E-state index in [1.807, 2.05) is 13.8 Å². The van der Waals surface area contributed by atoms with Crippen molar-refractivity contribution in [3.05, 3.63) is 0 Å². The largest absolute Gasteiger partial charge is 0.369 e. The lowest BCUT2D eigenvalue weighted by Crippen LogP contribution is -2.38. The molecule has 2 N–H and O–H groups in total. The number of nitriles is 1. The van der Waals surface area contributed by atoms with Gasteiger partial charge >= 0.3 is 0 Å². The normalized spacial score (nSPS) is 18.5.